The molecule has 14 rings (SSSR count). The molecule has 1 spiro atoms. The summed E-state index contributed by atoms with van der Waals surface area (Å²) in [6.45, 7) is 0. The van der Waals surface area contributed by atoms with Crippen molar-refractivity contribution in [3.8, 4) is 45.3 Å². The Bertz CT molecular complexity index is 3480. The van der Waals surface area contributed by atoms with Crippen molar-refractivity contribution in [1.29, 1.82) is 0 Å². The molecule has 2 aromatic heterocycles. The number of nitrogens with zero attached hydrogens (tertiary/aromatic N) is 3. The van der Waals surface area contributed by atoms with Gasteiger partial charge in [-0.25, -0.2) is 15.0 Å². The first-order valence-corrected chi connectivity index (χ1v) is 21.0. The lowest BCUT2D eigenvalue weighted by atomic mass is 9.77. The molecule has 2 heterocycles. The molecular formula is C56H35N3O. The highest BCUT2D eigenvalue weighted by Gasteiger charge is 2.83. The van der Waals surface area contributed by atoms with Gasteiger partial charge in [-0.05, 0) is 103 Å². The number of rotatable bonds is 5. The molecule has 10 aromatic rings. The highest BCUT2D eigenvalue weighted by atomic mass is 16.3. The number of allylic oxidation sites excluding steroid dienone is 6. The monoisotopic (exact) mass is 765 g/mol. The van der Waals surface area contributed by atoms with E-state index in [2.05, 4.69) is 127 Å². The molecule has 8 aromatic carbocycles. The van der Waals surface area contributed by atoms with Crippen LogP contribution in [-0.4, -0.2) is 15.0 Å². The van der Waals surface area contributed by atoms with E-state index < -0.39 is 0 Å². The van der Waals surface area contributed by atoms with Crippen molar-refractivity contribution in [2.75, 3.05) is 0 Å². The number of benzene rings is 8. The van der Waals surface area contributed by atoms with Gasteiger partial charge in [0.15, 0.2) is 17.5 Å². The number of aromatic nitrogens is 3. The topological polar surface area (TPSA) is 51.8 Å². The molecule has 2 fully saturated rings. The highest BCUT2D eigenvalue weighted by molar-refractivity contribution is 6.26. The Morgan fingerprint density at radius 2 is 0.983 bits per heavy atom. The minimum absolute atomic E-state index is 0.196. The second-order valence-electron chi connectivity index (χ2n) is 17.2. The molecular weight excluding hydrogens is 731 g/mol. The van der Waals surface area contributed by atoms with E-state index in [1.54, 1.807) is 0 Å². The summed E-state index contributed by atoms with van der Waals surface area (Å²) in [5.41, 5.74) is 8.28. The van der Waals surface area contributed by atoms with Crippen LogP contribution in [0.15, 0.2) is 199 Å². The van der Waals surface area contributed by atoms with Crippen molar-refractivity contribution in [3.63, 3.8) is 0 Å². The maximum Gasteiger partial charge on any atom is 0.164 e. The quantitative estimate of drug-likeness (QED) is 0.129. The first-order chi connectivity index (χ1) is 29.6. The summed E-state index contributed by atoms with van der Waals surface area (Å²) in [5.74, 6) is 4.20. The van der Waals surface area contributed by atoms with Crippen molar-refractivity contribution < 1.29 is 4.42 Å². The molecule has 4 nitrogen and oxygen atoms in total. The van der Waals surface area contributed by atoms with E-state index in [0.29, 0.717) is 22.9 Å². The largest absolute Gasteiger partial charge is 0.456 e. The van der Waals surface area contributed by atoms with Gasteiger partial charge in [0.1, 0.15) is 11.2 Å². The second kappa shape index (κ2) is 11.6. The van der Waals surface area contributed by atoms with Gasteiger partial charge in [0.2, 0.25) is 0 Å². The zero-order valence-corrected chi connectivity index (χ0v) is 32.5. The average Bonchev–Trinajstić information content (AvgIpc) is 4.13. The highest BCUT2D eigenvalue weighted by Crippen LogP contribution is 2.87. The van der Waals surface area contributed by atoms with Crippen molar-refractivity contribution in [3.05, 3.63) is 200 Å². The number of hydrogen-bond donors (Lipinski definition) is 0. The lowest BCUT2D eigenvalue weighted by molar-refractivity contribution is 0.558. The summed E-state index contributed by atoms with van der Waals surface area (Å²) in [6.07, 6.45) is 15.0. The average molecular weight is 766 g/mol. The first kappa shape index (κ1) is 32.5. The van der Waals surface area contributed by atoms with Gasteiger partial charge in [0.05, 0.1) is 0 Å². The van der Waals surface area contributed by atoms with Gasteiger partial charge in [-0.1, -0.05) is 158 Å². The maximum absolute atomic E-state index is 6.55. The predicted octanol–water partition coefficient (Wildman–Crippen LogP) is 13.7. The molecule has 4 aliphatic rings. The van der Waals surface area contributed by atoms with Crippen molar-refractivity contribution in [2.24, 2.45) is 23.2 Å². The molecule has 4 heteroatoms. The van der Waals surface area contributed by atoms with Crippen LogP contribution in [0.3, 0.4) is 0 Å². The lowest BCUT2D eigenvalue weighted by Crippen LogP contribution is -2.18. The van der Waals surface area contributed by atoms with Gasteiger partial charge in [-0.15, -0.1) is 0 Å². The zero-order valence-electron chi connectivity index (χ0n) is 32.5. The first-order valence-electron chi connectivity index (χ1n) is 21.0. The van der Waals surface area contributed by atoms with E-state index in [1.807, 2.05) is 66.7 Å². The molecule has 2 unspecified atom stereocenters. The molecule has 2 saturated carbocycles. The molecule has 0 saturated heterocycles. The maximum atomic E-state index is 6.55. The second-order valence-corrected chi connectivity index (χ2v) is 17.2. The van der Waals surface area contributed by atoms with Crippen LogP contribution in [0, 0.1) is 23.2 Å². The summed E-state index contributed by atoms with van der Waals surface area (Å²) in [6, 6.07) is 56.0. The standard InChI is InChI=1S/C56H35N3O/c1-3-10-33(11-4-1)52-57-53(34-12-5-2-6-13-34)59-54(58-52)36-19-23-48-45(31-36)50-38(16-9-17-49(50)60-48)35-18-21-41-42-22-20-37(32-44(42)40-15-8-7-14-39(40)43(41)30-35)55-26-24-46-51-47(25-27-55)56(46,51)29-28-55/h1-32,46-47,51H. The molecule has 0 N–H and O–H groups in total. The van der Waals surface area contributed by atoms with Gasteiger partial charge >= 0.3 is 0 Å². The predicted molar refractivity (Wildman–Crippen MR) is 243 cm³/mol. The van der Waals surface area contributed by atoms with Gasteiger partial charge in [0, 0.05) is 38.3 Å². The summed E-state index contributed by atoms with van der Waals surface area (Å²) >= 11 is 0. The van der Waals surface area contributed by atoms with Crippen molar-refractivity contribution in [1.82, 2.24) is 15.0 Å². The summed E-state index contributed by atoms with van der Waals surface area (Å²) < 4.78 is 6.55. The molecule has 2 atom stereocenters. The van der Waals surface area contributed by atoms with E-state index in [-0.39, 0.29) is 5.41 Å². The normalized spacial score (nSPS) is 23.1. The number of hydrogen-bond acceptors (Lipinski definition) is 4. The van der Waals surface area contributed by atoms with Crippen LogP contribution in [0.2, 0.25) is 0 Å². The van der Waals surface area contributed by atoms with Crippen LogP contribution in [-0.2, 0) is 5.41 Å². The SMILES string of the molecule is C1=CC2(c3ccc4c5ccc(-c6cccc7oc8ccc(-c9nc(-c%10ccccc%10)nc(-c%10ccccc%10)n9)cc8c67)cc5c5ccccc5c4c3)C=CC3C4C1C34C=C2. The van der Waals surface area contributed by atoms with E-state index in [1.165, 1.54) is 37.9 Å². The molecule has 2 bridgehead atoms. The number of furan rings is 1. The summed E-state index contributed by atoms with van der Waals surface area (Å²) in [5, 5.41) is 9.71. The van der Waals surface area contributed by atoms with Gasteiger partial charge in [-0.3, -0.25) is 0 Å². The van der Waals surface area contributed by atoms with Crippen LogP contribution in [0.25, 0.3) is 99.5 Å². The van der Waals surface area contributed by atoms with Crippen molar-refractivity contribution in [2.45, 2.75) is 5.41 Å². The Kier molecular flexibility index (Phi) is 6.29. The minimum atomic E-state index is -0.196. The molecule has 280 valence electrons. The lowest BCUT2D eigenvalue weighted by Gasteiger charge is -2.26. The van der Waals surface area contributed by atoms with E-state index >= 15 is 0 Å². The van der Waals surface area contributed by atoms with Gasteiger partial charge in [-0.2, -0.15) is 0 Å². The fourth-order valence-corrected chi connectivity index (χ4v) is 11.0. The summed E-state index contributed by atoms with van der Waals surface area (Å²) in [7, 11) is 0. The van der Waals surface area contributed by atoms with E-state index in [4.69, 9.17) is 19.4 Å². The summed E-state index contributed by atoms with van der Waals surface area (Å²) in [4.78, 5) is 15.0. The fraction of sp³-hybridized carbons (Fsp3) is 0.0893. The van der Waals surface area contributed by atoms with Crippen LogP contribution in [0.1, 0.15) is 5.56 Å². The number of fused-ring (bicyclic) bond motifs is 12. The van der Waals surface area contributed by atoms with Crippen LogP contribution >= 0.6 is 0 Å². The third-order valence-electron chi connectivity index (χ3n) is 14.2. The van der Waals surface area contributed by atoms with E-state index in [9.17, 15) is 0 Å². The Morgan fingerprint density at radius 1 is 0.400 bits per heavy atom. The van der Waals surface area contributed by atoms with Crippen molar-refractivity contribution >= 4 is 54.3 Å². The van der Waals surface area contributed by atoms with Crippen LogP contribution in [0.4, 0.5) is 0 Å². The smallest absolute Gasteiger partial charge is 0.164 e. The minimum Gasteiger partial charge on any atom is -0.456 e. The molecule has 0 aliphatic heterocycles. The third kappa shape index (κ3) is 4.43. The Labute approximate surface area is 345 Å². The van der Waals surface area contributed by atoms with Crippen LogP contribution < -0.4 is 0 Å². The Balaban J connectivity index is 0.924. The van der Waals surface area contributed by atoms with E-state index in [0.717, 1.165) is 67.5 Å². The zero-order chi connectivity index (χ0) is 39.2. The molecule has 0 amide bonds. The Hall–Kier alpha value is -7.43. The van der Waals surface area contributed by atoms with Crippen LogP contribution in [0.5, 0.6) is 0 Å². The fourth-order valence-electron chi connectivity index (χ4n) is 11.0. The molecule has 4 aliphatic carbocycles. The van der Waals surface area contributed by atoms with Gasteiger partial charge in [0.25, 0.3) is 0 Å². The molecule has 0 radical (unpaired) electrons. The Morgan fingerprint density at radius 3 is 1.68 bits per heavy atom. The van der Waals surface area contributed by atoms with Gasteiger partial charge < -0.3 is 4.42 Å². The third-order valence-corrected chi connectivity index (χ3v) is 14.2. The molecule has 60 heavy (non-hydrogen) atoms.